The van der Waals surface area contributed by atoms with Gasteiger partial charge in [0.2, 0.25) is 0 Å². The highest BCUT2D eigenvalue weighted by Crippen LogP contribution is 2.38. The maximum atomic E-state index is 10.9. The van der Waals surface area contributed by atoms with Gasteiger partial charge in [-0.25, -0.2) is 0 Å². The topological polar surface area (TPSA) is 62.3 Å². The van der Waals surface area contributed by atoms with Gasteiger partial charge in [0.25, 0.3) is 0 Å². The Balaban J connectivity index is 1.62. The van der Waals surface area contributed by atoms with E-state index in [9.17, 15) is 4.79 Å². The van der Waals surface area contributed by atoms with Crippen molar-refractivity contribution in [1.82, 2.24) is 4.98 Å². The van der Waals surface area contributed by atoms with Crippen LogP contribution in [0.25, 0.3) is 10.9 Å². The van der Waals surface area contributed by atoms with E-state index in [0.29, 0.717) is 22.1 Å². The first-order valence-corrected chi connectivity index (χ1v) is 10.2. The lowest BCUT2D eigenvalue weighted by molar-refractivity contribution is -0.136. The second-order valence-corrected chi connectivity index (χ2v) is 8.14. The van der Waals surface area contributed by atoms with E-state index in [4.69, 9.17) is 44.6 Å². The first-order valence-electron chi connectivity index (χ1n) is 9.11. The summed E-state index contributed by atoms with van der Waals surface area (Å²) < 4.78 is 5.96. The Labute approximate surface area is 188 Å². The van der Waals surface area contributed by atoms with Gasteiger partial charge in [-0.2, -0.15) is 0 Å². The number of rotatable bonds is 6. The van der Waals surface area contributed by atoms with Crippen LogP contribution in [0.1, 0.15) is 16.7 Å². The monoisotopic (exact) mass is 459 g/mol. The number of ether oxygens (including phenoxy) is 1. The quantitative estimate of drug-likeness (QED) is 0.321. The maximum absolute atomic E-state index is 10.9. The van der Waals surface area contributed by atoms with E-state index in [2.05, 4.69) is 4.98 Å². The lowest BCUT2D eigenvalue weighted by atomic mass is 10.0. The number of hydrogen-bond donors (Lipinski definition) is 2. The predicted molar refractivity (Wildman–Crippen MR) is 120 cm³/mol. The summed E-state index contributed by atoms with van der Waals surface area (Å²) in [6.45, 7) is 0. The van der Waals surface area contributed by atoms with E-state index in [0.717, 1.165) is 28.5 Å². The molecule has 0 radical (unpaired) electrons. The molecule has 2 N–H and O–H groups in total. The summed E-state index contributed by atoms with van der Waals surface area (Å²) in [5.41, 5.74) is 3.76. The van der Waals surface area contributed by atoms with Crippen molar-refractivity contribution in [2.45, 2.75) is 12.8 Å². The van der Waals surface area contributed by atoms with Crippen molar-refractivity contribution < 1.29 is 14.6 Å². The summed E-state index contributed by atoms with van der Waals surface area (Å²) in [5.74, 6) is -0.0854. The Kier molecular flexibility index (Phi) is 5.91. The number of H-pyrrole nitrogens is 1. The van der Waals surface area contributed by atoms with Gasteiger partial charge in [0, 0.05) is 22.1 Å². The third-order valence-electron chi connectivity index (χ3n) is 4.68. The van der Waals surface area contributed by atoms with Crippen LogP contribution in [0.5, 0.6) is 11.5 Å². The van der Waals surface area contributed by atoms with E-state index in [1.54, 1.807) is 12.1 Å². The van der Waals surface area contributed by atoms with E-state index >= 15 is 0 Å². The molecule has 7 heteroatoms. The highest BCUT2D eigenvalue weighted by Gasteiger charge is 2.14. The van der Waals surface area contributed by atoms with Crippen LogP contribution >= 0.6 is 34.8 Å². The molecule has 0 bridgehead atoms. The Morgan fingerprint density at radius 1 is 0.933 bits per heavy atom. The molecule has 0 amide bonds. The summed E-state index contributed by atoms with van der Waals surface area (Å²) in [4.78, 5) is 14.2. The first-order chi connectivity index (χ1) is 14.4. The molecule has 30 heavy (non-hydrogen) atoms. The molecule has 0 aliphatic carbocycles. The summed E-state index contributed by atoms with van der Waals surface area (Å²) in [5, 5.41) is 11.2. The number of fused-ring (bicyclic) bond motifs is 1. The number of carbonyl (C=O) groups is 1. The van der Waals surface area contributed by atoms with Gasteiger partial charge < -0.3 is 14.8 Å². The molecule has 0 atom stereocenters. The molecule has 152 valence electrons. The minimum Gasteiger partial charge on any atom is -0.481 e. The van der Waals surface area contributed by atoms with Crippen molar-refractivity contribution in [3.05, 3.63) is 92.6 Å². The van der Waals surface area contributed by atoms with Gasteiger partial charge in [0.05, 0.1) is 16.5 Å². The Hall–Kier alpha value is -2.66. The second kappa shape index (κ2) is 8.60. The minimum absolute atomic E-state index is 0.164. The zero-order chi connectivity index (χ0) is 21.3. The normalized spacial score (nSPS) is 11.0. The van der Waals surface area contributed by atoms with Crippen molar-refractivity contribution in [2.75, 3.05) is 0 Å². The number of aromatic amines is 1. The highest BCUT2D eigenvalue weighted by molar-refractivity contribution is 6.37. The van der Waals surface area contributed by atoms with Crippen molar-refractivity contribution in [1.29, 1.82) is 0 Å². The standard InChI is InChI=1S/C23H16Cl3NO3/c24-16-3-1-13(2-4-16)7-15-12-27-21-6-5-17(11-18(15)21)30-23-19(25)8-14(9-20(23)26)10-22(28)29/h1-6,8-9,11-12,27H,7,10H2,(H,28,29). The van der Waals surface area contributed by atoms with Gasteiger partial charge in [-0.3, -0.25) is 4.79 Å². The Bertz CT molecular complexity index is 1210. The molecule has 0 fully saturated rings. The third kappa shape index (κ3) is 4.57. The second-order valence-electron chi connectivity index (χ2n) is 6.89. The van der Waals surface area contributed by atoms with Gasteiger partial charge in [0.15, 0.2) is 5.75 Å². The number of halogens is 3. The molecule has 4 rings (SSSR count). The summed E-state index contributed by atoms with van der Waals surface area (Å²) in [7, 11) is 0. The minimum atomic E-state index is -0.957. The molecule has 3 aromatic carbocycles. The molecule has 4 nitrogen and oxygen atoms in total. The van der Waals surface area contributed by atoms with E-state index in [1.807, 2.05) is 48.7 Å². The third-order valence-corrected chi connectivity index (χ3v) is 5.49. The predicted octanol–water partition coefficient (Wildman–Crippen LogP) is 7.14. The Morgan fingerprint density at radius 3 is 2.30 bits per heavy atom. The number of nitrogens with one attached hydrogen (secondary N) is 1. The number of aliphatic carboxylic acids is 1. The molecule has 4 aromatic rings. The van der Waals surface area contributed by atoms with E-state index in [1.165, 1.54) is 0 Å². The van der Waals surface area contributed by atoms with Crippen molar-refractivity contribution >= 4 is 51.7 Å². The summed E-state index contributed by atoms with van der Waals surface area (Å²) in [6, 6.07) is 16.5. The smallest absolute Gasteiger partial charge is 0.307 e. The average Bonchev–Trinajstić information content (AvgIpc) is 3.08. The van der Waals surface area contributed by atoms with Crippen LogP contribution in [-0.4, -0.2) is 16.1 Å². The van der Waals surface area contributed by atoms with E-state index < -0.39 is 5.97 Å². The van der Waals surface area contributed by atoms with Gasteiger partial charge in [-0.1, -0.05) is 46.9 Å². The van der Waals surface area contributed by atoms with E-state index in [-0.39, 0.29) is 16.5 Å². The molecule has 1 aromatic heterocycles. The lowest BCUT2D eigenvalue weighted by Gasteiger charge is -2.11. The summed E-state index contributed by atoms with van der Waals surface area (Å²) in [6.07, 6.45) is 2.55. The van der Waals surface area contributed by atoms with Gasteiger partial charge in [-0.05, 0) is 65.6 Å². The molecule has 0 aliphatic rings. The van der Waals surface area contributed by atoms with Gasteiger partial charge in [0.1, 0.15) is 5.75 Å². The molecular weight excluding hydrogens is 445 g/mol. The zero-order valence-electron chi connectivity index (χ0n) is 15.6. The van der Waals surface area contributed by atoms with Crippen LogP contribution in [0.15, 0.2) is 60.8 Å². The maximum Gasteiger partial charge on any atom is 0.307 e. The largest absolute Gasteiger partial charge is 0.481 e. The number of benzene rings is 3. The molecule has 1 heterocycles. The molecular formula is C23H16Cl3NO3. The SMILES string of the molecule is O=C(O)Cc1cc(Cl)c(Oc2ccc3[nH]cc(Cc4ccc(Cl)cc4)c3c2)c(Cl)c1. The van der Waals surface area contributed by atoms with Crippen molar-refractivity contribution in [2.24, 2.45) is 0 Å². The lowest BCUT2D eigenvalue weighted by Crippen LogP contribution is -2.00. The molecule has 0 saturated heterocycles. The van der Waals surface area contributed by atoms with Crippen LogP contribution in [-0.2, 0) is 17.6 Å². The molecule has 0 saturated carbocycles. The average molecular weight is 461 g/mol. The molecule has 0 spiro atoms. The Morgan fingerprint density at radius 2 is 1.63 bits per heavy atom. The van der Waals surface area contributed by atoms with Crippen LogP contribution in [0.3, 0.4) is 0 Å². The van der Waals surface area contributed by atoms with Crippen molar-refractivity contribution in [3.8, 4) is 11.5 Å². The number of hydrogen-bond acceptors (Lipinski definition) is 2. The van der Waals surface area contributed by atoms with Crippen LogP contribution < -0.4 is 4.74 Å². The fourth-order valence-electron chi connectivity index (χ4n) is 3.29. The van der Waals surface area contributed by atoms with Crippen LogP contribution in [0, 0.1) is 0 Å². The zero-order valence-corrected chi connectivity index (χ0v) is 17.9. The number of carboxylic acids is 1. The van der Waals surface area contributed by atoms with Crippen LogP contribution in [0.4, 0.5) is 0 Å². The fourth-order valence-corrected chi connectivity index (χ4v) is 4.03. The van der Waals surface area contributed by atoms with Gasteiger partial charge in [-0.15, -0.1) is 0 Å². The number of carboxylic acid groups (broad SMARTS) is 1. The first kappa shape index (κ1) is 20.6. The molecule has 0 aliphatic heterocycles. The van der Waals surface area contributed by atoms with Crippen molar-refractivity contribution in [3.63, 3.8) is 0 Å². The summed E-state index contributed by atoms with van der Waals surface area (Å²) >= 11 is 18.6. The number of aromatic nitrogens is 1. The van der Waals surface area contributed by atoms with Gasteiger partial charge >= 0.3 is 5.97 Å². The van der Waals surface area contributed by atoms with Crippen LogP contribution in [0.2, 0.25) is 15.1 Å². The highest BCUT2D eigenvalue weighted by atomic mass is 35.5. The fraction of sp³-hybridized carbons (Fsp3) is 0.0870. The molecule has 0 unspecified atom stereocenters.